The van der Waals surface area contributed by atoms with Crippen molar-refractivity contribution in [3.05, 3.63) is 181 Å². The van der Waals surface area contributed by atoms with Crippen molar-refractivity contribution in [1.82, 2.24) is 0 Å². The van der Waals surface area contributed by atoms with Crippen LogP contribution in [0.3, 0.4) is 0 Å². The van der Waals surface area contributed by atoms with E-state index in [1.54, 1.807) is 0 Å². The van der Waals surface area contributed by atoms with E-state index in [0.29, 0.717) is 0 Å². The van der Waals surface area contributed by atoms with E-state index in [4.69, 9.17) is 8.83 Å². The Labute approximate surface area is 425 Å². The molecule has 0 saturated heterocycles. The number of unbranched alkanes of at least 4 members (excludes halogenated alkanes) is 2. The van der Waals surface area contributed by atoms with Crippen LogP contribution in [0.1, 0.15) is 50.7 Å². The van der Waals surface area contributed by atoms with Gasteiger partial charge in [0.05, 0.1) is 38.9 Å². The summed E-state index contributed by atoms with van der Waals surface area (Å²) in [5.74, 6) is 0. The molecule has 10 aromatic carbocycles. The first-order valence-corrected chi connectivity index (χ1v) is 33.3. The van der Waals surface area contributed by atoms with Crippen molar-refractivity contribution in [1.29, 1.82) is 0 Å². The third-order valence-corrected chi connectivity index (χ3v) is 19.5. The Kier molecular flexibility index (Phi) is 11.4. The van der Waals surface area contributed by atoms with Crippen LogP contribution in [-0.2, 0) is 12.8 Å². The van der Waals surface area contributed by atoms with Gasteiger partial charge in [0, 0.05) is 43.7 Å². The van der Waals surface area contributed by atoms with Crippen LogP contribution in [0.15, 0.2) is 179 Å². The second-order valence-corrected chi connectivity index (χ2v) is 32.3. The number of anilines is 6. The van der Waals surface area contributed by atoms with Gasteiger partial charge in [0.1, 0.15) is 11.2 Å². The summed E-state index contributed by atoms with van der Waals surface area (Å²) in [6.45, 7) is 19.0. The van der Waals surface area contributed by atoms with E-state index in [1.165, 1.54) is 64.6 Å². The van der Waals surface area contributed by atoms with Gasteiger partial charge in [-0.15, -0.1) is 0 Å². The molecule has 0 amide bonds. The molecule has 72 heavy (non-hydrogen) atoms. The topological polar surface area (TPSA) is 32.8 Å². The zero-order valence-electron chi connectivity index (χ0n) is 43.1. The largest absolute Gasteiger partial charge is 0.454 e. The van der Waals surface area contributed by atoms with Crippen LogP contribution >= 0.6 is 0 Å². The highest BCUT2D eigenvalue weighted by atomic mass is 28.3. The second kappa shape index (κ2) is 17.9. The lowest BCUT2D eigenvalue weighted by Crippen LogP contribution is -2.37. The van der Waals surface area contributed by atoms with Crippen LogP contribution < -0.4 is 20.2 Å². The van der Waals surface area contributed by atoms with Crippen molar-refractivity contribution < 1.29 is 8.83 Å². The SMILES string of the molecule is CCCCc1cccc2c1oc1c(N(c3ccc([Si](C)(C)C)cc3)c3ccc4ccc5c(N(c6ccc([Si](C)(C)C)cc6)c6cccc7c6oc6c(CCCC)cccc67)ccc6ccc3c4c65)cccc12. The molecule has 0 unspecified atom stereocenters. The van der Waals surface area contributed by atoms with Crippen molar-refractivity contribution in [2.45, 2.75) is 91.7 Å². The van der Waals surface area contributed by atoms with E-state index in [9.17, 15) is 0 Å². The van der Waals surface area contributed by atoms with Gasteiger partial charge >= 0.3 is 0 Å². The van der Waals surface area contributed by atoms with Gasteiger partial charge in [-0.1, -0.05) is 198 Å². The van der Waals surface area contributed by atoms with Crippen LogP contribution in [0.4, 0.5) is 34.1 Å². The summed E-state index contributed by atoms with van der Waals surface area (Å²) in [5.41, 5.74) is 12.9. The summed E-state index contributed by atoms with van der Waals surface area (Å²) >= 11 is 0. The predicted molar refractivity (Wildman–Crippen MR) is 317 cm³/mol. The molecule has 2 heterocycles. The van der Waals surface area contributed by atoms with E-state index >= 15 is 0 Å². The molecule has 0 N–H and O–H groups in total. The molecule has 2 aromatic heterocycles. The number of benzene rings is 10. The van der Waals surface area contributed by atoms with Gasteiger partial charge < -0.3 is 18.6 Å². The molecule has 0 aliphatic carbocycles. The van der Waals surface area contributed by atoms with Crippen LogP contribution in [0, 0.1) is 0 Å². The minimum atomic E-state index is -1.57. The Bertz CT molecular complexity index is 3720. The van der Waals surface area contributed by atoms with Crippen molar-refractivity contribution in [2.75, 3.05) is 9.80 Å². The first-order chi connectivity index (χ1) is 34.9. The van der Waals surface area contributed by atoms with Gasteiger partial charge in [-0.2, -0.15) is 0 Å². The lowest BCUT2D eigenvalue weighted by molar-refractivity contribution is 0.658. The van der Waals surface area contributed by atoms with Crippen LogP contribution in [0.25, 0.3) is 76.2 Å². The van der Waals surface area contributed by atoms with Crippen molar-refractivity contribution in [3.63, 3.8) is 0 Å². The third kappa shape index (κ3) is 7.69. The minimum absolute atomic E-state index is 0.909. The van der Waals surface area contributed by atoms with Gasteiger partial charge in [-0.3, -0.25) is 0 Å². The summed E-state index contributed by atoms with van der Waals surface area (Å²) in [6, 6.07) is 64.1. The van der Waals surface area contributed by atoms with Crippen molar-refractivity contribution >= 4 is 137 Å². The molecule has 4 nitrogen and oxygen atoms in total. The number of hydrogen-bond acceptors (Lipinski definition) is 4. The van der Waals surface area contributed by atoms with E-state index in [2.05, 4.69) is 233 Å². The maximum absolute atomic E-state index is 7.12. The van der Waals surface area contributed by atoms with Crippen LogP contribution in [-0.4, -0.2) is 16.1 Å². The number of fused-ring (bicyclic) bond motifs is 6. The first-order valence-electron chi connectivity index (χ1n) is 26.3. The molecular formula is C66H64N2O2Si2. The monoisotopic (exact) mass is 972 g/mol. The normalized spacial score (nSPS) is 12.5. The van der Waals surface area contributed by atoms with Gasteiger partial charge in [0.25, 0.3) is 0 Å². The molecule has 0 radical (unpaired) electrons. The first kappa shape index (κ1) is 46.0. The number of hydrogen-bond donors (Lipinski definition) is 0. The molecule has 0 saturated carbocycles. The Morgan fingerprint density at radius 1 is 0.347 bits per heavy atom. The highest BCUT2D eigenvalue weighted by molar-refractivity contribution is 6.89. The maximum Gasteiger partial charge on any atom is 0.159 e. The summed E-state index contributed by atoms with van der Waals surface area (Å²) in [7, 11) is -3.15. The average Bonchev–Trinajstić information content (AvgIpc) is 3.98. The Morgan fingerprint density at radius 3 is 1.08 bits per heavy atom. The van der Waals surface area contributed by atoms with Crippen molar-refractivity contribution in [2.24, 2.45) is 0 Å². The Balaban J connectivity index is 1.10. The smallest absolute Gasteiger partial charge is 0.159 e. The number of aryl methyl sites for hydroxylation is 2. The third-order valence-electron chi connectivity index (χ3n) is 15.3. The van der Waals surface area contributed by atoms with Gasteiger partial charge in [-0.25, -0.2) is 0 Å². The fourth-order valence-corrected chi connectivity index (χ4v) is 13.7. The van der Waals surface area contributed by atoms with E-state index in [-0.39, 0.29) is 0 Å². The number of para-hydroxylation sites is 4. The summed E-state index contributed by atoms with van der Waals surface area (Å²) in [5, 5.41) is 14.8. The van der Waals surface area contributed by atoms with Crippen LogP contribution in [0.5, 0.6) is 0 Å². The molecule has 0 spiro atoms. The summed E-state index contributed by atoms with van der Waals surface area (Å²) in [4.78, 5) is 4.92. The Morgan fingerprint density at radius 2 is 0.708 bits per heavy atom. The molecule has 0 atom stereocenters. The van der Waals surface area contributed by atoms with Crippen LogP contribution in [0.2, 0.25) is 39.3 Å². The predicted octanol–water partition coefficient (Wildman–Crippen LogP) is 19.1. The van der Waals surface area contributed by atoms with Gasteiger partial charge in [0.2, 0.25) is 0 Å². The maximum atomic E-state index is 7.12. The standard InChI is InChI=1S/C66H64N2O2Si2/c1-9-11-17-45-19-13-21-51-53-23-15-25-59(65(53)69-63(45)51)67(47-31-35-49(36-32-47)71(3,4)5)57-41-29-43-28-40-56-58(42-30-44-27-39-55(57)61(43)62(44)56)68(48-33-37-50(38-34-48)72(6,7)8)60-26-16-24-54-52-22-14-20-46(18-12-10-2)64(52)70-66(54)60/h13-16,19-42H,9-12,17-18H2,1-8H3. The highest BCUT2D eigenvalue weighted by Gasteiger charge is 2.27. The molecule has 12 aromatic rings. The van der Waals surface area contributed by atoms with E-state index in [1.807, 2.05) is 0 Å². The van der Waals surface area contributed by atoms with E-state index in [0.717, 1.165) is 106 Å². The molecule has 0 fully saturated rings. The second-order valence-electron chi connectivity index (χ2n) is 22.2. The zero-order valence-corrected chi connectivity index (χ0v) is 45.1. The number of nitrogens with zero attached hydrogens (tertiary/aromatic N) is 2. The van der Waals surface area contributed by atoms with Gasteiger partial charge in [0.15, 0.2) is 11.2 Å². The average molecular weight is 973 g/mol. The Hall–Kier alpha value is -7.13. The molecule has 6 heteroatoms. The fraction of sp³-hybridized carbons (Fsp3) is 0.212. The number of furan rings is 2. The quantitative estimate of drug-likeness (QED) is 0.0803. The molecule has 0 aliphatic rings. The molecular weight excluding hydrogens is 909 g/mol. The van der Waals surface area contributed by atoms with Gasteiger partial charge in [-0.05, 0) is 107 Å². The molecule has 12 rings (SSSR count). The fourth-order valence-electron chi connectivity index (χ4n) is 11.4. The summed E-state index contributed by atoms with van der Waals surface area (Å²) < 4.78 is 14.2. The lowest BCUT2D eigenvalue weighted by atomic mass is 9.91. The summed E-state index contributed by atoms with van der Waals surface area (Å²) in [6.07, 6.45) is 6.52. The zero-order chi connectivity index (χ0) is 49.5. The number of rotatable bonds is 14. The molecule has 0 aliphatic heterocycles. The van der Waals surface area contributed by atoms with Crippen molar-refractivity contribution in [3.8, 4) is 0 Å². The highest BCUT2D eigenvalue weighted by Crippen LogP contribution is 2.50. The van der Waals surface area contributed by atoms with E-state index < -0.39 is 16.1 Å². The lowest BCUT2D eigenvalue weighted by Gasteiger charge is -2.30. The minimum Gasteiger partial charge on any atom is -0.454 e. The molecule has 358 valence electrons. The molecule has 0 bridgehead atoms.